The zero-order valence-corrected chi connectivity index (χ0v) is 12.1. The van der Waals surface area contributed by atoms with Gasteiger partial charge in [0.25, 0.3) is 5.91 Å². The second kappa shape index (κ2) is 6.34. The van der Waals surface area contributed by atoms with Gasteiger partial charge in [0.2, 0.25) is 0 Å². The predicted octanol–water partition coefficient (Wildman–Crippen LogP) is 2.34. The SMILES string of the molecule is CCNC(C)c1ccc(NC(=O)c2ccnn2C)cc1. The average Bonchev–Trinajstić information content (AvgIpc) is 2.86. The summed E-state index contributed by atoms with van der Waals surface area (Å²) in [6.07, 6.45) is 1.61. The zero-order valence-electron chi connectivity index (χ0n) is 12.1. The monoisotopic (exact) mass is 272 g/mol. The fraction of sp³-hybridized carbons (Fsp3) is 0.333. The molecule has 0 saturated heterocycles. The molecule has 1 aromatic heterocycles. The summed E-state index contributed by atoms with van der Waals surface area (Å²) >= 11 is 0. The Morgan fingerprint density at radius 3 is 2.55 bits per heavy atom. The molecule has 2 rings (SSSR count). The maximum absolute atomic E-state index is 12.0. The quantitative estimate of drug-likeness (QED) is 0.878. The highest BCUT2D eigenvalue weighted by Crippen LogP contribution is 2.16. The third kappa shape index (κ3) is 3.24. The molecule has 2 aromatic rings. The fourth-order valence-electron chi connectivity index (χ4n) is 2.07. The highest BCUT2D eigenvalue weighted by molar-refractivity contribution is 6.02. The van der Waals surface area contributed by atoms with Crippen LogP contribution in [0.5, 0.6) is 0 Å². The van der Waals surface area contributed by atoms with E-state index in [4.69, 9.17) is 0 Å². The van der Waals surface area contributed by atoms with Gasteiger partial charge in [-0.05, 0) is 37.2 Å². The van der Waals surface area contributed by atoms with Crippen LogP contribution in [-0.4, -0.2) is 22.2 Å². The van der Waals surface area contributed by atoms with E-state index >= 15 is 0 Å². The first kappa shape index (κ1) is 14.3. The van der Waals surface area contributed by atoms with Gasteiger partial charge in [-0.15, -0.1) is 0 Å². The number of rotatable bonds is 5. The summed E-state index contributed by atoms with van der Waals surface area (Å²) in [6, 6.07) is 9.87. The molecule has 0 aliphatic carbocycles. The van der Waals surface area contributed by atoms with Crippen LogP contribution in [0.3, 0.4) is 0 Å². The molecule has 0 radical (unpaired) electrons. The van der Waals surface area contributed by atoms with Gasteiger partial charge in [-0.2, -0.15) is 5.10 Å². The van der Waals surface area contributed by atoms with Gasteiger partial charge in [0.1, 0.15) is 5.69 Å². The van der Waals surface area contributed by atoms with Crippen LogP contribution in [-0.2, 0) is 7.05 Å². The lowest BCUT2D eigenvalue weighted by Crippen LogP contribution is -2.18. The molecule has 0 fully saturated rings. The Hall–Kier alpha value is -2.14. The van der Waals surface area contributed by atoms with Crippen molar-refractivity contribution in [1.29, 1.82) is 0 Å². The van der Waals surface area contributed by atoms with E-state index in [-0.39, 0.29) is 5.91 Å². The van der Waals surface area contributed by atoms with Gasteiger partial charge < -0.3 is 10.6 Å². The maximum atomic E-state index is 12.0. The number of amides is 1. The van der Waals surface area contributed by atoms with Crippen molar-refractivity contribution in [3.8, 4) is 0 Å². The normalized spacial score (nSPS) is 12.2. The van der Waals surface area contributed by atoms with Crippen molar-refractivity contribution >= 4 is 11.6 Å². The van der Waals surface area contributed by atoms with Crippen molar-refractivity contribution < 1.29 is 4.79 Å². The summed E-state index contributed by atoms with van der Waals surface area (Å²) in [6.45, 7) is 5.13. The molecule has 0 aliphatic heterocycles. The molecular weight excluding hydrogens is 252 g/mol. The Kier molecular flexibility index (Phi) is 4.53. The minimum absolute atomic E-state index is 0.155. The van der Waals surface area contributed by atoms with E-state index in [1.165, 1.54) is 5.56 Å². The third-order valence-corrected chi connectivity index (χ3v) is 3.23. The molecular formula is C15H20N4O. The van der Waals surface area contributed by atoms with E-state index < -0.39 is 0 Å². The van der Waals surface area contributed by atoms with Crippen LogP contribution in [0.4, 0.5) is 5.69 Å². The topological polar surface area (TPSA) is 58.9 Å². The summed E-state index contributed by atoms with van der Waals surface area (Å²) in [5.41, 5.74) is 2.52. The Morgan fingerprint density at radius 2 is 2.00 bits per heavy atom. The molecule has 0 bridgehead atoms. The molecule has 1 aromatic carbocycles. The lowest BCUT2D eigenvalue weighted by Gasteiger charge is -2.13. The van der Waals surface area contributed by atoms with Crippen LogP contribution in [0.15, 0.2) is 36.5 Å². The van der Waals surface area contributed by atoms with Gasteiger partial charge in [-0.25, -0.2) is 0 Å². The van der Waals surface area contributed by atoms with Gasteiger partial charge in [0, 0.05) is 25.0 Å². The van der Waals surface area contributed by atoms with E-state index in [0.717, 1.165) is 12.2 Å². The van der Waals surface area contributed by atoms with Crippen LogP contribution < -0.4 is 10.6 Å². The molecule has 5 nitrogen and oxygen atoms in total. The van der Waals surface area contributed by atoms with E-state index in [1.54, 1.807) is 24.0 Å². The number of anilines is 1. The highest BCUT2D eigenvalue weighted by Gasteiger charge is 2.10. The first-order chi connectivity index (χ1) is 9.61. The van der Waals surface area contributed by atoms with Crippen LogP contribution in [0, 0.1) is 0 Å². The number of hydrogen-bond donors (Lipinski definition) is 2. The summed E-state index contributed by atoms with van der Waals surface area (Å²) in [5, 5.41) is 10.2. The summed E-state index contributed by atoms with van der Waals surface area (Å²) in [5.74, 6) is -0.155. The van der Waals surface area contributed by atoms with Crippen LogP contribution in [0.25, 0.3) is 0 Å². The molecule has 0 spiro atoms. The number of hydrogen-bond acceptors (Lipinski definition) is 3. The zero-order chi connectivity index (χ0) is 14.5. The number of aryl methyl sites for hydroxylation is 1. The Labute approximate surface area is 119 Å². The van der Waals surface area contributed by atoms with Crippen molar-refractivity contribution in [1.82, 2.24) is 15.1 Å². The molecule has 1 heterocycles. The van der Waals surface area contributed by atoms with Crippen LogP contribution in [0.1, 0.15) is 35.9 Å². The molecule has 20 heavy (non-hydrogen) atoms. The van der Waals surface area contributed by atoms with E-state index in [9.17, 15) is 4.79 Å². The van der Waals surface area contributed by atoms with Gasteiger partial charge in [0.05, 0.1) is 0 Å². The Bertz CT molecular complexity index is 574. The van der Waals surface area contributed by atoms with Crippen LogP contribution >= 0.6 is 0 Å². The van der Waals surface area contributed by atoms with Gasteiger partial charge in [-0.3, -0.25) is 9.48 Å². The first-order valence-electron chi connectivity index (χ1n) is 6.74. The van der Waals surface area contributed by atoms with Gasteiger partial charge >= 0.3 is 0 Å². The number of aromatic nitrogens is 2. The molecule has 1 amide bonds. The molecule has 2 N–H and O–H groups in total. The first-order valence-corrected chi connectivity index (χ1v) is 6.74. The highest BCUT2D eigenvalue weighted by atomic mass is 16.2. The van der Waals surface area contributed by atoms with E-state index in [0.29, 0.717) is 11.7 Å². The molecule has 5 heteroatoms. The van der Waals surface area contributed by atoms with Crippen molar-refractivity contribution in [3.05, 3.63) is 47.8 Å². The standard InChI is InChI=1S/C15H20N4O/c1-4-16-11(2)12-5-7-13(8-6-12)18-15(20)14-9-10-17-19(14)3/h5-11,16H,4H2,1-3H3,(H,18,20). The van der Waals surface area contributed by atoms with Crippen LogP contribution in [0.2, 0.25) is 0 Å². The minimum Gasteiger partial charge on any atom is -0.321 e. The Balaban J connectivity index is 2.04. The molecule has 106 valence electrons. The molecule has 1 unspecified atom stereocenters. The largest absolute Gasteiger partial charge is 0.321 e. The van der Waals surface area contributed by atoms with Crippen molar-refractivity contribution in [2.24, 2.45) is 7.05 Å². The predicted molar refractivity (Wildman–Crippen MR) is 79.7 cm³/mol. The number of nitrogens with zero attached hydrogens (tertiary/aromatic N) is 2. The lowest BCUT2D eigenvalue weighted by molar-refractivity contribution is 0.101. The fourth-order valence-corrected chi connectivity index (χ4v) is 2.07. The minimum atomic E-state index is -0.155. The van der Waals surface area contributed by atoms with Crippen molar-refractivity contribution in [2.75, 3.05) is 11.9 Å². The second-order valence-electron chi connectivity index (χ2n) is 4.70. The number of carbonyl (C=O) groups is 1. The van der Waals surface area contributed by atoms with E-state index in [1.807, 2.05) is 24.3 Å². The maximum Gasteiger partial charge on any atom is 0.273 e. The lowest BCUT2D eigenvalue weighted by atomic mass is 10.1. The van der Waals surface area contributed by atoms with Gasteiger partial charge in [-0.1, -0.05) is 19.1 Å². The van der Waals surface area contributed by atoms with Gasteiger partial charge in [0.15, 0.2) is 0 Å². The number of benzene rings is 1. The van der Waals surface area contributed by atoms with Crippen molar-refractivity contribution in [3.63, 3.8) is 0 Å². The molecule has 0 saturated carbocycles. The summed E-state index contributed by atoms with van der Waals surface area (Å²) in [7, 11) is 1.75. The Morgan fingerprint density at radius 1 is 1.30 bits per heavy atom. The van der Waals surface area contributed by atoms with E-state index in [2.05, 4.69) is 29.6 Å². The number of nitrogens with one attached hydrogen (secondary N) is 2. The number of carbonyl (C=O) groups excluding carboxylic acids is 1. The summed E-state index contributed by atoms with van der Waals surface area (Å²) < 4.78 is 1.55. The third-order valence-electron chi connectivity index (χ3n) is 3.23. The molecule has 0 aliphatic rings. The van der Waals surface area contributed by atoms with Crippen molar-refractivity contribution in [2.45, 2.75) is 19.9 Å². The smallest absolute Gasteiger partial charge is 0.273 e. The summed E-state index contributed by atoms with van der Waals surface area (Å²) in [4.78, 5) is 12.0. The second-order valence-corrected chi connectivity index (χ2v) is 4.70. The average molecular weight is 272 g/mol. The molecule has 1 atom stereocenters.